The molecule has 5 rings (SSSR count). The van der Waals surface area contributed by atoms with Gasteiger partial charge in [0, 0.05) is 23.2 Å². The first-order chi connectivity index (χ1) is 13.1. The Kier molecular flexibility index (Phi) is 3.51. The zero-order valence-corrected chi connectivity index (χ0v) is 14.9. The lowest BCUT2D eigenvalue weighted by Gasteiger charge is -2.44. The number of benzene rings is 2. The molecule has 2 saturated carbocycles. The zero-order valence-electron chi connectivity index (χ0n) is 14.9. The van der Waals surface area contributed by atoms with Crippen molar-refractivity contribution in [1.29, 1.82) is 10.7 Å². The molecule has 27 heavy (non-hydrogen) atoms. The van der Waals surface area contributed by atoms with Crippen molar-refractivity contribution in [2.24, 2.45) is 17.8 Å². The minimum Gasteiger partial charge on any atom is -0.398 e. The van der Waals surface area contributed by atoms with E-state index in [1.165, 1.54) is 37.1 Å². The molecule has 2 bridgehead atoms. The number of hydrogen-bond acceptors (Lipinski definition) is 4. The van der Waals surface area contributed by atoms with Gasteiger partial charge in [-0.25, -0.2) is 4.39 Å². The second kappa shape index (κ2) is 5.82. The predicted octanol–water partition coefficient (Wildman–Crippen LogP) is 4.57. The summed E-state index contributed by atoms with van der Waals surface area (Å²) in [6, 6.07) is 10.8. The molecule has 1 aliphatic heterocycles. The van der Waals surface area contributed by atoms with E-state index in [0.717, 1.165) is 16.8 Å². The highest BCUT2D eigenvalue weighted by atomic mass is 19.1. The molecule has 2 aromatic rings. The van der Waals surface area contributed by atoms with E-state index < -0.39 is 5.82 Å². The lowest BCUT2D eigenvalue weighted by atomic mass is 9.67. The van der Waals surface area contributed by atoms with Gasteiger partial charge in [-0.1, -0.05) is 6.07 Å². The molecule has 0 spiro atoms. The van der Waals surface area contributed by atoms with Gasteiger partial charge in [-0.2, -0.15) is 5.26 Å². The number of nitrogens with two attached hydrogens (primary N) is 1. The molecule has 1 heterocycles. The quantitative estimate of drug-likeness (QED) is 0.541. The van der Waals surface area contributed by atoms with Crippen LogP contribution in [-0.4, -0.2) is 6.21 Å². The summed E-state index contributed by atoms with van der Waals surface area (Å²) in [6.07, 6.45) is 5.02. The Hall–Kier alpha value is -2.87. The first-order valence-electron chi connectivity index (χ1n) is 9.51. The van der Waals surface area contributed by atoms with Gasteiger partial charge in [0.15, 0.2) is 0 Å². The van der Waals surface area contributed by atoms with Crippen LogP contribution in [-0.2, 0) is 0 Å². The summed E-state index contributed by atoms with van der Waals surface area (Å²) in [4.78, 5) is 0. The van der Waals surface area contributed by atoms with E-state index in [1.807, 2.05) is 18.2 Å². The van der Waals surface area contributed by atoms with E-state index in [4.69, 9.17) is 11.1 Å². The third-order valence-corrected chi connectivity index (χ3v) is 6.95. The van der Waals surface area contributed by atoms with E-state index >= 15 is 0 Å². The van der Waals surface area contributed by atoms with E-state index in [2.05, 4.69) is 5.32 Å². The highest BCUT2D eigenvalue weighted by Crippen LogP contribution is 2.64. The fourth-order valence-corrected chi connectivity index (χ4v) is 5.93. The van der Waals surface area contributed by atoms with Crippen LogP contribution in [0.2, 0.25) is 0 Å². The van der Waals surface area contributed by atoms with E-state index in [1.54, 1.807) is 12.1 Å². The minimum absolute atomic E-state index is 0.0488. The molecule has 0 amide bonds. The van der Waals surface area contributed by atoms with Crippen LogP contribution in [0.4, 0.5) is 15.8 Å². The lowest BCUT2D eigenvalue weighted by molar-refractivity contribution is 0.247. The van der Waals surface area contributed by atoms with Crippen molar-refractivity contribution < 1.29 is 4.39 Å². The van der Waals surface area contributed by atoms with Crippen LogP contribution < -0.4 is 11.1 Å². The third-order valence-electron chi connectivity index (χ3n) is 6.95. The second-order valence-electron chi connectivity index (χ2n) is 8.08. The Bertz CT molecular complexity index is 993. The zero-order chi connectivity index (χ0) is 18.7. The molecule has 136 valence electrons. The summed E-state index contributed by atoms with van der Waals surface area (Å²) >= 11 is 0. The maximum absolute atomic E-state index is 13.9. The maximum atomic E-state index is 13.9. The van der Waals surface area contributed by atoms with Gasteiger partial charge >= 0.3 is 0 Å². The van der Waals surface area contributed by atoms with Crippen LogP contribution in [0.5, 0.6) is 0 Å². The molecule has 0 radical (unpaired) electrons. The second-order valence-corrected chi connectivity index (χ2v) is 8.08. The largest absolute Gasteiger partial charge is 0.398 e. The number of nitrogens with zero attached hydrogens (tertiary/aromatic N) is 1. The number of nitrogens with one attached hydrogen (secondary N) is 2. The Morgan fingerprint density at radius 2 is 2.04 bits per heavy atom. The maximum Gasteiger partial charge on any atom is 0.140 e. The topological polar surface area (TPSA) is 85.7 Å². The SMILES string of the molecule is N#Cc1cc([C@@H]2Nc3ccc(N)c(C=N)c3[C@H]3[C@@H]4CC[C@H](C4)[C@H]32)ccc1F. The normalized spacial score (nSPS) is 30.1. The molecular formula is C22H21FN4. The van der Waals surface area contributed by atoms with Crippen molar-refractivity contribution in [2.45, 2.75) is 31.2 Å². The van der Waals surface area contributed by atoms with Crippen molar-refractivity contribution in [2.75, 3.05) is 11.1 Å². The Morgan fingerprint density at radius 3 is 2.81 bits per heavy atom. The first-order valence-corrected chi connectivity index (χ1v) is 9.51. The van der Waals surface area contributed by atoms with Crippen LogP contribution in [0.3, 0.4) is 0 Å². The fraction of sp³-hybridized carbons (Fsp3) is 0.364. The number of nitriles is 1. The smallest absolute Gasteiger partial charge is 0.140 e. The average Bonchev–Trinajstić information content (AvgIpc) is 3.30. The van der Waals surface area contributed by atoms with Crippen molar-refractivity contribution in [3.8, 4) is 6.07 Å². The summed E-state index contributed by atoms with van der Waals surface area (Å²) in [6.45, 7) is 0. The van der Waals surface area contributed by atoms with Crippen LogP contribution in [0.15, 0.2) is 30.3 Å². The highest BCUT2D eigenvalue weighted by molar-refractivity contribution is 5.91. The molecule has 2 aromatic carbocycles. The van der Waals surface area contributed by atoms with Gasteiger partial charge in [-0.05, 0) is 78.3 Å². The fourth-order valence-electron chi connectivity index (χ4n) is 5.93. The van der Waals surface area contributed by atoms with E-state index in [9.17, 15) is 9.65 Å². The number of hydrogen-bond donors (Lipinski definition) is 3. The van der Waals surface area contributed by atoms with Crippen LogP contribution in [0.1, 0.15) is 53.5 Å². The van der Waals surface area contributed by atoms with Crippen molar-refractivity contribution in [1.82, 2.24) is 0 Å². The Morgan fingerprint density at radius 1 is 1.22 bits per heavy atom. The monoisotopic (exact) mass is 360 g/mol. The highest BCUT2D eigenvalue weighted by Gasteiger charge is 2.54. The Balaban J connectivity index is 1.68. The lowest BCUT2D eigenvalue weighted by Crippen LogP contribution is -2.36. The molecule has 5 heteroatoms. The van der Waals surface area contributed by atoms with Gasteiger partial charge in [0.1, 0.15) is 11.9 Å². The molecule has 0 unspecified atom stereocenters. The third kappa shape index (κ3) is 2.22. The van der Waals surface area contributed by atoms with Gasteiger partial charge in [0.2, 0.25) is 0 Å². The average molecular weight is 360 g/mol. The number of fused-ring (bicyclic) bond motifs is 7. The minimum atomic E-state index is -0.471. The van der Waals surface area contributed by atoms with Gasteiger partial charge in [-0.15, -0.1) is 0 Å². The van der Waals surface area contributed by atoms with Crippen LogP contribution in [0, 0.1) is 40.3 Å². The summed E-state index contributed by atoms with van der Waals surface area (Å²) in [5, 5.41) is 20.8. The number of rotatable bonds is 2. The van der Waals surface area contributed by atoms with Gasteiger partial charge < -0.3 is 16.5 Å². The number of halogens is 1. The van der Waals surface area contributed by atoms with Crippen molar-refractivity contribution >= 4 is 17.6 Å². The summed E-state index contributed by atoms with van der Waals surface area (Å²) in [7, 11) is 0. The van der Waals surface area contributed by atoms with Gasteiger partial charge in [0.05, 0.1) is 11.6 Å². The standard InChI is InChI=1S/C22H21FN4/c23-16-4-3-13(8-14(16)9-24)22-20-12-2-1-11(7-12)19(20)21-15(10-25)17(26)5-6-18(21)27-22/h3-6,8,10-12,19-20,22,25,27H,1-2,7,26H2/t11-,12-,19+,20-,22+/m1/s1. The van der Waals surface area contributed by atoms with Gasteiger partial charge in [-0.3, -0.25) is 0 Å². The van der Waals surface area contributed by atoms with E-state index in [-0.39, 0.29) is 11.6 Å². The summed E-state index contributed by atoms with van der Waals surface area (Å²) in [5.41, 5.74) is 10.9. The molecule has 0 aromatic heterocycles. The molecule has 4 nitrogen and oxygen atoms in total. The molecule has 4 N–H and O–H groups in total. The molecule has 2 aliphatic carbocycles. The first kappa shape index (κ1) is 16.3. The molecule has 2 fully saturated rings. The van der Waals surface area contributed by atoms with Crippen LogP contribution in [0.25, 0.3) is 0 Å². The number of anilines is 2. The van der Waals surface area contributed by atoms with Crippen molar-refractivity contribution in [3.05, 3.63) is 58.4 Å². The van der Waals surface area contributed by atoms with Crippen molar-refractivity contribution in [3.63, 3.8) is 0 Å². The Labute approximate surface area is 157 Å². The molecule has 3 aliphatic rings. The van der Waals surface area contributed by atoms with Gasteiger partial charge in [0.25, 0.3) is 0 Å². The number of nitrogen functional groups attached to an aromatic ring is 1. The summed E-state index contributed by atoms with van der Waals surface area (Å²) < 4.78 is 13.9. The predicted molar refractivity (Wildman–Crippen MR) is 103 cm³/mol. The molecule has 5 atom stereocenters. The molecular weight excluding hydrogens is 339 g/mol. The van der Waals surface area contributed by atoms with Crippen LogP contribution >= 0.6 is 0 Å². The van der Waals surface area contributed by atoms with E-state index in [0.29, 0.717) is 29.4 Å². The molecule has 0 saturated heterocycles. The summed E-state index contributed by atoms with van der Waals surface area (Å²) in [5.74, 6) is 1.50.